The molecule has 1 atom stereocenters. The fourth-order valence-corrected chi connectivity index (χ4v) is 8.64. The number of aromatic nitrogens is 2. The number of carbonyl (C=O) groups is 5. The van der Waals surface area contributed by atoms with Gasteiger partial charge in [0, 0.05) is 56.1 Å². The number of methoxy groups -OCH3 is 1. The molecule has 5 amide bonds. The molecule has 3 N–H and O–H groups in total. The summed E-state index contributed by atoms with van der Waals surface area (Å²) in [6.07, 6.45) is 7.37. The number of likely N-dealkylation sites (N-methyl/N-ethyl adjacent to an activating group) is 1. The van der Waals surface area contributed by atoms with Crippen molar-refractivity contribution in [1.29, 1.82) is 0 Å². The maximum Gasteiger partial charge on any atom is 0.264 e. The number of imide groups is 2. The van der Waals surface area contributed by atoms with Gasteiger partial charge in [0.1, 0.15) is 11.8 Å². The number of halogens is 1. The molecule has 4 aromatic rings. The predicted octanol–water partition coefficient (Wildman–Crippen LogP) is 5.32. The lowest BCUT2D eigenvalue weighted by Crippen LogP contribution is -2.54. The number of rotatable bonds is 11. The summed E-state index contributed by atoms with van der Waals surface area (Å²) in [5.74, 6) is -0.958. The minimum atomic E-state index is -0.997. The van der Waals surface area contributed by atoms with E-state index in [0.717, 1.165) is 58.9 Å². The van der Waals surface area contributed by atoms with E-state index in [2.05, 4.69) is 32.9 Å². The molecule has 2 aromatic heterocycles. The molecule has 7 rings (SSSR count). The molecule has 52 heavy (non-hydrogen) atoms. The number of fused-ring (bicyclic) bond motifs is 2. The lowest BCUT2D eigenvalue weighted by molar-refractivity contribution is -0.136. The SMILES string of the molecule is COc1cc2nc([C@H]3CC[C@H](CN(C)CCNc4cccc5c4C(=O)N(C4CCC(=O)NC4=O)C5=O)CC3)sc2cc1NC(=O)c1cncc(Cl)c1. The van der Waals surface area contributed by atoms with E-state index in [9.17, 15) is 24.0 Å². The summed E-state index contributed by atoms with van der Waals surface area (Å²) in [6, 6.07) is 9.43. The van der Waals surface area contributed by atoms with E-state index in [1.807, 2.05) is 12.1 Å². The highest BCUT2D eigenvalue weighted by Gasteiger charge is 2.45. The summed E-state index contributed by atoms with van der Waals surface area (Å²) in [4.78, 5) is 75.7. The lowest BCUT2D eigenvalue weighted by atomic mass is 9.82. The molecule has 2 fully saturated rings. The van der Waals surface area contributed by atoms with Crippen LogP contribution in [0.25, 0.3) is 10.2 Å². The zero-order chi connectivity index (χ0) is 36.5. The van der Waals surface area contributed by atoms with Gasteiger partial charge in [-0.25, -0.2) is 4.98 Å². The van der Waals surface area contributed by atoms with Crippen LogP contribution in [0.1, 0.15) is 80.5 Å². The summed E-state index contributed by atoms with van der Waals surface area (Å²) < 4.78 is 6.56. The van der Waals surface area contributed by atoms with Gasteiger partial charge in [0.05, 0.1) is 49.7 Å². The number of hydrogen-bond acceptors (Lipinski definition) is 11. The number of nitrogens with one attached hydrogen (secondary N) is 3. The Morgan fingerprint density at radius 3 is 2.62 bits per heavy atom. The van der Waals surface area contributed by atoms with Crippen molar-refractivity contribution < 1.29 is 28.7 Å². The molecule has 15 heteroatoms. The van der Waals surface area contributed by atoms with Crippen molar-refractivity contribution >= 4 is 74.1 Å². The van der Waals surface area contributed by atoms with Crippen LogP contribution in [0, 0.1) is 5.92 Å². The molecule has 13 nitrogen and oxygen atoms in total. The van der Waals surface area contributed by atoms with E-state index >= 15 is 0 Å². The van der Waals surface area contributed by atoms with E-state index in [1.54, 1.807) is 42.7 Å². The summed E-state index contributed by atoms with van der Waals surface area (Å²) in [6.45, 7) is 2.23. The second-order valence-corrected chi connectivity index (χ2v) is 15.0. The van der Waals surface area contributed by atoms with Gasteiger partial charge in [0.25, 0.3) is 17.7 Å². The van der Waals surface area contributed by atoms with Crippen LogP contribution in [0.5, 0.6) is 5.75 Å². The summed E-state index contributed by atoms with van der Waals surface area (Å²) in [7, 11) is 3.65. The fraction of sp³-hybridized carbons (Fsp3) is 0.378. The first-order valence-corrected chi connectivity index (χ1v) is 18.5. The highest BCUT2D eigenvalue weighted by Crippen LogP contribution is 2.41. The van der Waals surface area contributed by atoms with Crippen LogP contribution in [0.2, 0.25) is 5.02 Å². The van der Waals surface area contributed by atoms with Crippen molar-refractivity contribution in [2.45, 2.75) is 50.5 Å². The number of nitrogens with zero attached hydrogens (tertiary/aromatic N) is 4. The zero-order valence-electron chi connectivity index (χ0n) is 28.7. The van der Waals surface area contributed by atoms with Crippen molar-refractivity contribution in [2.24, 2.45) is 5.92 Å². The minimum absolute atomic E-state index is 0.0779. The second kappa shape index (κ2) is 15.0. The van der Waals surface area contributed by atoms with Gasteiger partial charge < -0.3 is 20.3 Å². The van der Waals surface area contributed by atoms with E-state index in [4.69, 9.17) is 21.3 Å². The molecule has 0 spiro atoms. The van der Waals surface area contributed by atoms with E-state index in [-0.39, 0.29) is 29.9 Å². The van der Waals surface area contributed by atoms with Crippen molar-refractivity contribution in [2.75, 3.05) is 44.4 Å². The van der Waals surface area contributed by atoms with Crippen LogP contribution in [0.15, 0.2) is 48.8 Å². The monoisotopic (exact) mass is 743 g/mol. The topological polar surface area (TPSA) is 163 Å². The minimum Gasteiger partial charge on any atom is -0.494 e. The van der Waals surface area contributed by atoms with Gasteiger partial charge in [0.15, 0.2) is 0 Å². The number of amides is 5. The van der Waals surface area contributed by atoms with Crippen molar-refractivity contribution in [3.8, 4) is 5.75 Å². The quantitative estimate of drug-likeness (QED) is 0.171. The standard InChI is InChI=1S/C37H38ClN7O6S/c1-44(13-12-40-25-5-3-4-24-32(25)37(50)45(36(24)49)28-10-11-31(46)43-34(28)48)19-20-6-8-21(9-7-20)35-42-27-15-29(51-2)26(16-30(27)52-35)41-33(47)22-14-23(38)18-39-17-22/h3-5,14-18,20-21,28,40H,6-13,19H2,1-2H3,(H,41,47)(H,43,46,48)/t20-,21-,28?. The molecule has 1 unspecified atom stereocenters. The maximum atomic E-state index is 13.4. The average Bonchev–Trinajstić information content (AvgIpc) is 3.66. The van der Waals surface area contributed by atoms with Gasteiger partial charge in [-0.15, -0.1) is 11.3 Å². The van der Waals surface area contributed by atoms with Gasteiger partial charge in [-0.1, -0.05) is 17.7 Å². The number of benzene rings is 2. The van der Waals surface area contributed by atoms with Gasteiger partial charge in [0.2, 0.25) is 11.8 Å². The first-order valence-electron chi connectivity index (χ1n) is 17.3. The van der Waals surface area contributed by atoms with E-state index < -0.39 is 29.7 Å². The number of hydrogen-bond donors (Lipinski definition) is 3. The van der Waals surface area contributed by atoms with Gasteiger partial charge in [-0.05, 0) is 69.3 Å². The molecule has 270 valence electrons. The third-order valence-corrected chi connectivity index (χ3v) is 11.4. The number of carbonyl (C=O) groups excluding carboxylic acids is 5. The lowest BCUT2D eigenvalue weighted by Gasteiger charge is -2.30. The van der Waals surface area contributed by atoms with Crippen LogP contribution >= 0.6 is 22.9 Å². The number of piperidine rings is 1. The Morgan fingerprint density at radius 2 is 1.87 bits per heavy atom. The van der Waals surface area contributed by atoms with Crippen molar-refractivity contribution in [3.63, 3.8) is 0 Å². The molecule has 2 aliphatic heterocycles. The molecule has 3 aliphatic rings. The highest BCUT2D eigenvalue weighted by molar-refractivity contribution is 7.18. The van der Waals surface area contributed by atoms with Crippen LogP contribution in [0.4, 0.5) is 11.4 Å². The van der Waals surface area contributed by atoms with Crippen molar-refractivity contribution in [3.05, 3.63) is 75.5 Å². The fourth-order valence-electron chi connectivity index (χ4n) is 7.31. The molecule has 1 saturated carbocycles. The maximum absolute atomic E-state index is 13.4. The molecular formula is C37H38ClN7O6S. The Kier molecular flexibility index (Phi) is 10.2. The number of pyridine rings is 1. The van der Waals surface area contributed by atoms with Crippen LogP contribution in [0.3, 0.4) is 0 Å². The van der Waals surface area contributed by atoms with E-state index in [0.29, 0.717) is 46.1 Å². The second-order valence-electron chi connectivity index (χ2n) is 13.5. The normalized spacial score (nSPS) is 20.3. The third kappa shape index (κ3) is 7.23. The molecule has 1 aliphatic carbocycles. The summed E-state index contributed by atoms with van der Waals surface area (Å²) in [5, 5.41) is 9.96. The Balaban J connectivity index is 0.911. The van der Waals surface area contributed by atoms with Gasteiger partial charge in [-0.2, -0.15) is 0 Å². The summed E-state index contributed by atoms with van der Waals surface area (Å²) in [5.41, 5.74) is 2.83. The molecule has 4 heterocycles. The van der Waals surface area contributed by atoms with Gasteiger partial charge >= 0.3 is 0 Å². The predicted molar refractivity (Wildman–Crippen MR) is 197 cm³/mol. The largest absolute Gasteiger partial charge is 0.494 e. The first kappa shape index (κ1) is 35.5. The Labute approximate surface area is 309 Å². The molecule has 0 radical (unpaired) electrons. The average molecular weight is 744 g/mol. The number of anilines is 2. The smallest absolute Gasteiger partial charge is 0.264 e. The number of thiazole rings is 1. The Hall–Kier alpha value is -4.92. The van der Waals surface area contributed by atoms with Crippen LogP contribution < -0.4 is 20.7 Å². The highest BCUT2D eigenvalue weighted by atomic mass is 35.5. The molecule has 1 saturated heterocycles. The third-order valence-electron chi connectivity index (χ3n) is 9.98. The Morgan fingerprint density at radius 1 is 1.06 bits per heavy atom. The van der Waals surface area contributed by atoms with Crippen LogP contribution in [-0.2, 0) is 9.59 Å². The van der Waals surface area contributed by atoms with E-state index in [1.165, 1.54) is 12.4 Å². The molecule has 0 bridgehead atoms. The Bertz CT molecular complexity index is 2080. The molecular weight excluding hydrogens is 706 g/mol. The zero-order valence-corrected chi connectivity index (χ0v) is 30.3. The number of ether oxygens (including phenoxy) is 1. The van der Waals surface area contributed by atoms with Gasteiger partial charge in [-0.3, -0.25) is 39.2 Å². The summed E-state index contributed by atoms with van der Waals surface area (Å²) >= 11 is 7.67. The molecule has 2 aromatic carbocycles. The van der Waals surface area contributed by atoms with Crippen LogP contribution in [-0.4, -0.2) is 89.1 Å². The first-order chi connectivity index (χ1) is 25.1. The van der Waals surface area contributed by atoms with Crippen molar-refractivity contribution in [1.82, 2.24) is 25.1 Å².